The van der Waals surface area contributed by atoms with E-state index in [1.165, 1.54) is 14.1 Å². The molecule has 1 nitrogen and oxygen atoms in total. The van der Waals surface area contributed by atoms with Crippen LogP contribution in [0.3, 0.4) is 0 Å². The SMILES string of the molecule is C[N+](C)SC(F)(F)F. The molecule has 0 aliphatic heterocycles. The summed E-state index contributed by atoms with van der Waals surface area (Å²) < 4.78 is 34.7. The molecule has 8 heavy (non-hydrogen) atoms. The van der Waals surface area contributed by atoms with Crippen molar-refractivity contribution < 1.29 is 13.2 Å². The van der Waals surface area contributed by atoms with Crippen molar-refractivity contribution in [2.45, 2.75) is 5.51 Å². The molecule has 0 saturated carbocycles. The highest BCUT2D eigenvalue weighted by Gasteiger charge is 2.37. The van der Waals surface area contributed by atoms with Gasteiger partial charge in [0.1, 0.15) is 14.1 Å². The average molecular weight is 145 g/mol. The average Bonchev–Trinajstić information content (AvgIpc) is 1.21. The molecule has 0 unspecified atom stereocenters. The Labute approximate surface area is 50.0 Å². The summed E-state index contributed by atoms with van der Waals surface area (Å²) in [4.78, 5) is 0. The van der Waals surface area contributed by atoms with Gasteiger partial charge >= 0.3 is 5.51 Å². The molecule has 0 aliphatic carbocycles. The molecule has 0 aromatic heterocycles. The van der Waals surface area contributed by atoms with Gasteiger partial charge in [-0.15, -0.1) is 0 Å². The molecule has 0 aliphatic rings. The van der Waals surface area contributed by atoms with Gasteiger partial charge in [0, 0.05) is 0 Å². The Morgan fingerprint density at radius 3 is 1.62 bits per heavy atom. The monoisotopic (exact) mass is 145 g/mol. The minimum absolute atomic E-state index is 0.155. The molecule has 5 heteroatoms. The highest BCUT2D eigenvalue weighted by molar-refractivity contribution is 7.98. The maximum absolute atomic E-state index is 11.2. The first kappa shape index (κ1) is 8.10. The number of halogens is 3. The molecule has 49 valence electrons. The van der Waals surface area contributed by atoms with E-state index in [4.69, 9.17) is 0 Å². The van der Waals surface area contributed by atoms with Gasteiger partial charge < -0.3 is 0 Å². The fourth-order valence-corrected chi connectivity index (χ4v) is 0.621. The predicted molar refractivity (Wildman–Crippen MR) is 27.6 cm³/mol. The third kappa shape index (κ3) is 6.10. The minimum atomic E-state index is -4.14. The third-order valence-corrected chi connectivity index (χ3v) is 0.858. The quantitative estimate of drug-likeness (QED) is 0.400. The molecule has 0 amide bonds. The number of rotatable bonds is 1. The Morgan fingerprint density at radius 1 is 1.25 bits per heavy atom. The molecule has 0 saturated heterocycles. The molecule has 0 heterocycles. The largest absolute Gasteiger partial charge is 0.501 e. The van der Waals surface area contributed by atoms with Crippen molar-refractivity contribution >= 4 is 11.9 Å². The van der Waals surface area contributed by atoms with Gasteiger partial charge in [0.2, 0.25) is 11.9 Å². The maximum atomic E-state index is 11.2. The lowest BCUT2D eigenvalue weighted by molar-refractivity contribution is -0.0343. The zero-order chi connectivity index (χ0) is 6.78. The summed E-state index contributed by atoms with van der Waals surface area (Å²) in [6, 6.07) is 0. The van der Waals surface area contributed by atoms with E-state index in [-0.39, 0.29) is 11.9 Å². The fourth-order valence-electron chi connectivity index (χ4n) is 0.207. The van der Waals surface area contributed by atoms with E-state index in [1.54, 1.807) is 0 Å². The van der Waals surface area contributed by atoms with Crippen molar-refractivity contribution in [1.29, 1.82) is 0 Å². The molecule has 0 aromatic carbocycles. The summed E-state index contributed by atoms with van der Waals surface area (Å²) in [6.45, 7) is 0. The lowest BCUT2D eigenvalue weighted by atomic mass is 11.3. The van der Waals surface area contributed by atoms with Crippen LogP contribution in [-0.2, 0) is 0 Å². The lowest BCUT2D eigenvalue weighted by Gasteiger charge is -1.99. The van der Waals surface area contributed by atoms with Crippen molar-refractivity contribution in [1.82, 2.24) is 4.31 Å². The number of hydrogen-bond donors (Lipinski definition) is 0. The second kappa shape index (κ2) is 2.59. The van der Waals surface area contributed by atoms with Crippen molar-refractivity contribution in [3.63, 3.8) is 0 Å². The van der Waals surface area contributed by atoms with Crippen LogP contribution in [0.1, 0.15) is 0 Å². The topological polar surface area (TPSA) is 5.90 Å². The Balaban J connectivity index is 3.39. The molecule has 0 fully saturated rings. The fraction of sp³-hybridized carbons (Fsp3) is 1.00. The number of alkyl halides is 3. The normalized spacial score (nSPS) is 12.8. The van der Waals surface area contributed by atoms with E-state index in [0.29, 0.717) is 0 Å². The van der Waals surface area contributed by atoms with Gasteiger partial charge in [-0.25, -0.2) is 0 Å². The number of hydrogen-bond acceptors (Lipinski definition) is 2. The second-order valence-corrected chi connectivity index (χ2v) is 2.73. The van der Waals surface area contributed by atoms with Crippen LogP contribution in [-0.4, -0.2) is 19.6 Å². The van der Waals surface area contributed by atoms with E-state index in [2.05, 4.69) is 0 Å². The summed E-state index contributed by atoms with van der Waals surface area (Å²) in [5.41, 5.74) is -4.14. The van der Waals surface area contributed by atoms with Crippen LogP contribution < -0.4 is 4.31 Å². The number of nitrogens with zero attached hydrogens (tertiary/aromatic N) is 1. The molecule has 0 atom stereocenters. The first-order chi connectivity index (χ1) is 3.42. The van der Waals surface area contributed by atoms with Crippen LogP contribution >= 0.6 is 11.9 Å². The molecule has 0 N–H and O–H groups in total. The highest BCUT2D eigenvalue weighted by Crippen LogP contribution is 2.29. The van der Waals surface area contributed by atoms with Gasteiger partial charge in [0.05, 0.1) is 0 Å². The maximum Gasteiger partial charge on any atom is 0.501 e. The van der Waals surface area contributed by atoms with Crippen molar-refractivity contribution in [3.8, 4) is 0 Å². The molecule has 0 rings (SSSR count). The Morgan fingerprint density at radius 2 is 1.62 bits per heavy atom. The predicted octanol–water partition coefficient (Wildman–Crippen LogP) is 1.55. The standard InChI is InChI=1S/C3H6F3NS/c1-7(2)8-3(4,5)6/h1-2H3/q+1. The highest BCUT2D eigenvalue weighted by atomic mass is 32.2. The minimum Gasteiger partial charge on any atom is -0.156 e. The van der Waals surface area contributed by atoms with Crippen LogP contribution in [0.2, 0.25) is 0 Å². The third-order valence-electron chi connectivity index (χ3n) is 0.286. The molecule has 0 bridgehead atoms. The lowest BCUT2D eigenvalue weighted by Crippen LogP contribution is -2.16. The molecular weight excluding hydrogens is 139 g/mol. The summed E-state index contributed by atoms with van der Waals surface area (Å²) in [7, 11) is 2.69. The van der Waals surface area contributed by atoms with Gasteiger partial charge in [-0.3, -0.25) is 0 Å². The van der Waals surface area contributed by atoms with Crippen LogP contribution in [0.25, 0.3) is 0 Å². The van der Waals surface area contributed by atoms with E-state index < -0.39 is 5.51 Å². The first-order valence-electron chi connectivity index (χ1n) is 1.85. The summed E-state index contributed by atoms with van der Waals surface area (Å²) in [5, 5.41) is 0. The summed E-state index contributed by atoms with van der Waals surface area (Å²) >= 11 is -0.155. The van der Waals surface area contributed by atoms with Crippen LogP contribution in [0, 0.1) is 0 Å². The van der Waals surface area contributed by atoms with E-state index >= 15 is 0 Å². The van der Waals surface area contributed by atoms with Gasteiger partial charge in [-0.1, -0.05) is 4.31 Å². The van der Waals surface area contributed by atoms with Crippen molar-refractivity contribution in [2.75, 3.05) is 14.1 Å². The van der Waals surface area contributed by atoms with E-state index in [0.717, 1.165) is 4.31 Å². The molecular formula is C3H6F3NS+. The van der Waals surface area contributed by atoms with Gasteiger partial charge in [0.15, 0.2) is 0 Å². The van der Waals surface area contributed by atoms with E-state index in [1.807, 2.05) is 0 Å². The van der Waals surface area contributed by atoms with Gasteiger partial charge in [0.25, 0.3) is 0 Å². The van der Waals surface area contributed by atoms with Crippen LogP contribution in [0.5, 0.6) is 0 Å². The van der Waals surface area contributed by atoms with E-state index in [9.17, 15) is 13.2 Å². The van der Waals surface area contributed by atoms with Crippen molar-refractivity contribution in [3.05, 3.63) is 0 Å². The first-order valence-corrected chi connectivity index (χ1v) is 2.62. The second-order valence-electron chi connectivity index (χ2n) is 1.35. The van der Waals surface area contributed by atoms with Crippen molar-refractivity contribution in [2.24, 2.45) is 0 Å². The Hall–Kier alpha value is 0.100. The van der Waals surface area contributed by atoms with Gasteiger partial charge in [-0.2, -0.15) is 13.2 Å². The molecule has 0 aromatic rings. The van der Waals surface area contributed by atoms with Gasteiger partial charge in [-0.05, 0) is 0 Å². The molecule has 0 spiro atoms. The summed E-state index contributed by atoms with van der Waals surface area (Å²) in [5.74, 6) is 0. The Bertz CT molecular complexity index is 69.4. The zero-order valence-corrected chi connectivity index (χ0v) is 5.31. The smallest absolute Gasteiger partial charge is 0.156 e. The zero-order valence-electron chi connectivity index (χ0n) is 4.49. The van der Waals surface area contributed by atoms with Crippen LogP contribution in [0.15, 0.2) is 0 Å². The van der Waals surface area contributed by atoms with Crippen LogP contribution in [0.4, 0.5) is 13.2 Å². The summed E-state index contributed by atoms with van der Waals surface area (Å²) in [6.07, 6.45) is 0. The molecule has 1 radical (unpaired) electrons. The Kier molecular flexibility index (Phi) is 2.62.